The van der Waals surface area contributed by atoms with E-state index < -0.39 is 0 Å². The number of fused-ring (bicyclic) bond motifs is 5. The minimum absolute atomic E-state index is 0.602. The molecule has 0 unspecified atom stereocenters. The Labute approximate surface area is 271 Å². The minimum Gasteiger partial charge on any atom is -0.455 e. The van der Waals surface area contributed by atoms with Crippen molar-refractivity contribution in [3.8, 4) is 56.4 Å². The number of benzene rings is 7. The molecule has 4 heteroatoms. The average Bonchev–Trinajstić information content (AvgIpc) is 3.55. The van der Waals surface area contributed by atoms with Gasteiger partial charge in [0, 0.05) is 32.8 Å². The van der Waals surface area contributed by atoms with Crippen molar-refractivity contribution in [3.63, 3.8) is 0 Å². The average molecular weight is 602 g/mol. The van der Waals surface area contributed by atoms with E-state index in [1.54, 1.807) is 0 Å². The van der Waals surface area contributed by atoms with Gasteiger partial charge in [-0.25, -0.2) is 15.0 Å². The molecular formula is C43H27N3O. The molecule has 4 nitrogen and oxygen atoms in total. The van der Waals surface area contributed by atoms with Gasteiger partial charge in [0.2, 0.25) is 0 Å². The first-order chi connectivity index (χ1) is 23.3. The summed E-state index contributed by atoms with van der Waals surface area (Å²) in [7, 11) is 0. The van der Waals surface area contributed by atoms with Crippen LogP contribution in [-0.4, -0.2) is 15.0 Å². The summed E-state index contributed by atoms with van der Waals surface area (Å²) in [6.45, 7) is 0. The van der Waals surface area contributed by atoms with Gasteiger partial charge in [-0.2, -0.15) is 0 Å². The first-order valence-corrected chi connectivity index (χ1v) is 15.7. The van der Waals surface area contributed by atoms with Gasteiger partial charge in [0.15, 0.2) is 17.5 Å². The molecule has 0 aliphatic rings. The Hall–Kier alpha value is -6.39. The Balaban J connectivity index is 1.33. The standard InChI is InChI=1S/C43H27N3O/c1-4-13-28(14-5-1)29-23-25-30(26-24-29)33-20-12-21-34-36(33)27-37(39-35-19-10-11-22-38(35)47-40(34)39)43-45-41(31-15-6-2-7-16-31)44-42(46-43)32-17-8-3-9-18-32/h1-27H. The molecule has 0 N–H and O–H groups in total. The fraction of sp³-hybridized carbons (Fsp3) is 0. The smallest absolute Gasteiger partial charge is 0.164 e. The van der Waals surface area contributed by atoms with Crippen LogP contribution in [-0.2, 0) is 0 Å². The second kappa shape index (κ2) is 11.2. The molecule has 0 saturated carbocycles. The van der Waals surface area contributed by atoms with Crippen LogP contribution in [0, 0.1) is 0 Å². The lowest BCUT2D eigenvalue weighted by molar-refractivity contribution is 0.672. The monoisotopic (exact) mass is 601 g/mol. The van der Waals surface area contributed by atoms with Gasteiger partial charge >= 0.3 is 0 Å². The Kier molecular flexibility index (Phi) is 6.43. The van der Waals surface area contributed by atoms with Crippen LogP contribution in [0.1, 0.15) is 0 Å². The van der Waals surface area contributed by atoms with E-state index in [4.69, 9.17) is 19.4 Å². The molecule has 0 fully saturated rings. The first kappa shape index (κ1) is 27.0. The van der Waals surface area contributed by atoms with Crippen molar-refractivity contribution in [1.82, 2.24) is 15.0 Å². The predicted molar refractivity (Wildman–Crippen MR) is 192 cm³/mol. The van der Waals surface area contributed by atoms with Gasteiger partial charge in [0.05, 0.1) is 0 Å². The van der Waals surface area contributed by atoms with Gasteiger partial charge in [-0.3, -0.25) is 0 Å². The van der Waals surface area contributed by atoms with Gasteiger partial charge in [-0.1, -0.05) is 152 Å². The number of nitrogens with zero attached hydrogens (tertiary/aromatic N) is 3. The summed E-state index contributed by atoms with van der Waals surface area (Å²) in [4.78, 5) is 15.2. The van der Waals surface area contributed by atoms with Crippen LogP contribution in [0.4, 0.5) is 0 Å². The van der Waals surface area contributed by atoms with Crippen molar-refractivity contribution in [3.05, 3.63) is 164 Å². The van der Waals surface area contributed by atoms with E-state index in [0.29, 0.717) is 17.5 Å². The third kappa shape index (κ3) is 4.75. The van der Waals surface area contributed by atoms with Gasteiger partial charge in [0.25, 0.3) is 0 Å². The summed E-state index contributed by atoms with van der Waals surface area (Å²) in [5.41, 5.74) is 9.04. The molecule has 9 aromatic rings. The van der Waals surface area contributed by atoms with Crippen LogP contribution in [0.25, 0.3) is 89.1 Å². The molecule has 7 aromatic carbocycles. The number of para-hydroxylation sites is 1. The van der Waals surface area contributed by atoms with E-state index >= 15 is 0 Å². The zero-order chi connectivity index (χ0) is 31.2. The molecule has 0 aliphatic heterocycles. The molecule has 0 bridgehead atoms. The molecule has 2 heterocycles. The van der Waals surface area contributed by atoms with Crippen molar-refractivity contribution in [2.75, 3.05) is 0 Å². The summed E-state index contributed by atoms with van der Waals surface area (Å²) in [5, 5.41) is 4.14. The Morgan fingerprint density at radius 3 is 1.51 bits per heavy atom. The van der Waals surface area contributed by atoms with E-state index in [0.717, 1.165) is 60.5 Å². The fourth-order valence-electron chi connectivity index (χ4n) is 6.47. The van der Waals surface area contributed by atoms with Crippen molar-refractivity contribution in [1.29, 1.82) is 0 Å². The number of rotatable bonds is 5. The van der Waals surface area contributed by atoms with Crippen LogP contribution >= 0.6 is 0 Å². The van der Waals surface area contributed by atoms with E-state index in [2.05, 4.69) is 78.9 Å². The van der Waals surface area contributed by atoms with Crippen molar-refractivity contribution in [2.24, 2.45) is 0 Å². The normalized spacial score (nSPS) is 11.4. The highest BCUT2D eigenvalue weighted by atomic mass is 16.3. The third-order valence-electron chi connectivity index (χ3n) is 8.75. The molecule has 0 aliphatic carbocycles. The van der Waals surface area contributed by atoms with Crippen LogP contribution < -0.4 is 0 Å². The Bertz CT molecular complexity index is 2480. The molecule has 0 spiro atoms. The minimum atomic E-state index is 0.602. The van der Waals surface area contributed by atoms with E-state index in [1.807, 2.05) is 84.9 Å². The highest BCUT2D eigenvalue weighted by Crippen LogP contribution is 2.43. The topological polar surface area (TPSA) is 51.8 Å². The van der Waals surface area contributed by atoms with Crippen LogP contribution in [0.5, 0.6) is 0 Å². The quantitative estimate of drug-likeness (QED) is 0.197. The molecule has 0 saturated heterocycles. The lowest BCUT2D eigenvalue weighted by Gasteiger charge is -2.13. The van der Waals surface area contributed by atoms with E-state index in [-0.39, 0.29) is 0 Å². The molecule has 2 aromatic heterocycles. The molecule has 0 atom stereocenters. The summed E-state index contributed by atoms with van der Waals surface area (Å²) in [5.74, 6) is 1.85. The Morgan fingerprint density at radius 2 is 0.851 bits per heavy atom. The van der Waals surface area contributed by atoms with Crippen molar-refractivity contribution < 1.29 is 4.42 Å². The summed E-state index contributed by atoms with van der Waals surface area (Å²) in [6, 6.07) is 56.3. The van der Waals surface area contributed by atoms with Crippen molar-refractivity contribution in [2.45, 2.75) is 0 Å². The van der Waals surface area contributed by atoms with Gasteiger partial charge < -0.3 is 4.42 Å². The third-order valence-corrected chi connectivity index (χ3v) is 8.75. The highest BCUT2D eigenvalue weighted by Gasteiger charge is 2.21. The fourth-order valence-corrected chi connectivity index (χ4v) is 6.47. The van der Waals surface area contributed by atoms with Crippen LogP contribution in [0.3, 0.4) is 0 Å². The molecular weight excluding hydrogens is 574 g/mol. The second-order valence-corrected chi connectivity index (χ2v) is 11.6. The molecule has 47 heavy (non-hydrogen) atoms. The maximum atomic E-state index is 6.65. The van der Waals surface area contributed by atoms with Crippen LogP contribution in [0.15, 0.2) is 168 Å². The highest BCUT2D eigenvalue weighted by molar-refractivity contribution is 6.22. The zero-order valence-electron chi connectivity index (χ0n) is 25.3. The Morgan fingerprint density at radius 1 is 0.340 bits per heavy atom. The number of hydrogen-bond donors (Lipinski definition) is 0. The summed E-state index contributed by atoms with van der Waals surface area (Å²) in [6.07, 6.45) is 0. The molecule has 220 valence electrons. The SMILES string of the molecule is c1ccc(-c2ccc(-c3cccc4c3cc(-c3nc(-c5ccccc5)nc(-c5ccccc5)n3)c3c5ccccc5oc43)cc2)cc1. The maximum absolute atomic E-state index is 6.65. The number of hydrogen-bond acceptors (Lipinski definition) is 4. The van der Waals surface area contributed by atoms with Gasteiger partial charge in [-0.05, 0) is 39.8 Å². The number of furan rings is 1. The lowest BCUT2D eigenvalue weighted by Crippen LogP contribution is -2.00. The largest absolute Gasteiger partial charge is 0.455 e. The lowest BCUT2D eigenvalue weighted by atomic mass is 9.93. The zero-order valence-corrected chi connectivity index (χ0v) is 25.3. The summed E-state index contributed by atoms with van der Waals surface area (Å²) < 4.78 is 6.65. The van der Waals surface area contributed by atoms with E-state index in [1.165, 1.54) is 11.1 Å². The number of aromatic nitrogens is 3. The molecule has 0 radical (unpaired) electrons. The van der Waals surface area contributed by atoms with Crippen LogP contribution in [0.2, 0.25) is 0 Å². The second-order valence-electron chi connectivity index (χ2n) is 11.6. The van der Waals surface area contributed by atoms with E-state index in [9.17, 15) is 0 Å². The molecule has 9 rings (SSSR count). The summed E-state index contributed by atoms with van der Waals surface area (Å²) >= 11 is 0. The van der Waals surface area contributed by atoms with Gasteiger partial charge in [-0.15, -0.1) is 0 Å². The maximum Gasteiger partial charge on any atom is 0.164 e. The predicted octanol–water partition coefficient (Wildman–Crippen LogP) is 11.3. The molecule has 0 amide bonds. The van der Waals surface area contributed by atoms with Gasteiger partial charge in [0.1, 0.15) is 11.2 Å². The van der Waals surface area contributed by atoms with Crippen molar-refractivity contribution >= 4 is 32.7 Å². The first-order valence-electron chi connectivity index (χ1n) is 15.7.